The normalized spacial score (nSPS) is 19.0. The zero-order valence-corrected chi connectivity index (χ0v) is 6.59. The van der Waals surface area contributed by atoms with Gasteiger partial charge in [0.05, 0.1) is 0 Å². The minimum atomic E-state index is 1.08. The summed E-state index contributed by atoms with van der Waals surface area (Å²) in [5, 5.41) is 0. The van der Waals surface area contributed by atoms with Crippen LogP contribution in [0.4, 0.5) is 0 Å². The molecule has 0 saturated carbocycles. The first-order chi connectivity index (χ1) is 4.84. The van der Waals surface area contributed by atoms with Gasteiger partial charge in [-0.15, -0.1) is 0 Å². The van der Waals surface area contributed by atoms with Gasteiger partial charge in [0.2, 0.25) is 0 Å². The van der Waals surface area contributed by atoms with E-state index in [0.717, 1.165) is 6.42 Å². The Morgan fingerprint density at radius 3 is 2.90 bits per heavy atom. The zero-order chi connectivity index (χ0) is 7.40. The molecule has 0 heterocycles. The van der Waals surface area contributed by atoms with Gasteiger partial charge in [-0.3, -0.25) is 0 Å². The van der Waals surface area contributed by atoms with Crippen LogP contribution in [0.5, 0.6) is 0 Å². The van der Waals surface area contributed by atoms with E-state index in [2.05, 4.69) is 37.6 Å². The summed E-state index contributed by atoms with van der Waals surface area (Å²) in [6, 6.07) is 0. The van der Waals surface area contributed by atoms with Gasteiger partial charge in [0.25, 0.3) is 0 Å². The van der Waals surface area contributed by atoms with E-state index >= 15 is 0 Å². The molecule has 0 saturated heterocycles. The van der Waals surface area contributed by atoms with Crippen LogP contribution >= 0.6 is 0 Å². The second kappa shape index (κ2) is 3.40. The molecule has 1 aliphatic rings. The second-order valence-electron chi connectivity index (χ2n) is 2.48. The Balaban J connectivity index is 2.79. The first kappa shape index (κ1) is 7.33. The van der Waals surface area contributed by atoms with Crippen molar-refractivity contribution < 1.29 is 0 Å². The number of rotatable bonds is 1. The van der Waals surface area contributed by atoms with E-state index in [1.807, 2.05) is 6.92 Å². The topological polar surface area (TPSA) is 0 Å². The molecular weight excluding hydrogens is 120 g/mol. The lowest BCUT2D eigenvalue weighted by Gasteiger charge is -2.07. The van der Waals surface area contributed by atoms with E-state index in [1.165, 1.54) is 11.1 Å². The Bertz CT molecular complexity index is 192. The van der Waals surface area contributed by atoms with Crippen LogP contribution in [0.2, 0.25) is 0 Å². The summed E-state index contributed by atoms with van der Waals surface area (Å²) in [5.41, 5.74) is 2.73. The van der Waals surface area contributed by atoms with Crippen molar-refractivity contribution in [2.24, 2.45) is 0 Å². The SMILES string of the molecule is CC=CC1=C(C)C=CC[CH]1. The summed E-state index contributed by atoms with van der Waals surface area (Å²) >= 11 is 0. The van der Waals surface area contributed by atoms with Gasteiger partial charge in [0.15, 0.2) is 0 Å². The van der Waals surface area contributed by atoms with Crippen LogP contribution in [0.3, 0.4) is 0 Å². The minimum absolute atomic E-state index is 1.08. The fourth-order valence-electron chi connectivity index (χ4n) is 1.08. The molecular formula is C10H13. The van der Waals surface area contributed by atoms with E-state index in [4.69, 9.17) is 0 Å². The van der Waals surface area contributed by atoms with E-state index in [9.17, 15) is 0 Å². The summed E-state index contributed by atoms with van der Waals surface area (Å²) in [4.78, 5) is 0. The second-order valence-corrected chi connectivity index (χ2v) is 2.48. The average molecular weight is 133 g/mol. The maximum Gasteiger partial charge on any atom is -0.00528 e. The predicted octanol–water partition coefficient (Wildman–Crippen LogP) is 3.04. The van der Waals surface area contributed by atoms with Gasteiger partial charge in [-0.05, 0) is 37.8 Å². The molecule has 53 valence electrons. The lowest BCUT2D eigenvalue weighted by Crippen LogP contribution is -1.89. The minimum Gasteiger partial charge on any atom is -0.0874 e. The van der Waals surface area contributed by atoms with E-state index in [-0.39, 0.29) is 0 Å². The van der Waals surface area contributed by atoms with Crippen molar-refractivity contribution >= 4 is 0 Å². The van der Waals surface area contributed by atoms with Gasteiger partial charge in [-0.2, -0.15) is 0 Å². The molecule has 0 fully saturated rings. The molecule has 0 amide bonds. The van der Waals surface area contributed by atoms with E-state index in [0.29, 0.717) is 0 Å². The first-order valence-corrected chi connectivity index (χ1v) is 3.68. The predicted molar refractivity (Wildman–Crippen MR) is 45.6 cm³/mol. The highest BCUT2D eigenvalue weighted by atomic mass is 14.0. The third kappa shape index (κ3) is 1.60. The fraction of sp³-hybridized carbons (Fsp3) is 0.300. The van der Waals surface area contributed by atoms with Crippen LogP contribution in [0.1, 0.15) is 20.3 Å². The van der Waals surface area contributed by atoms with Crippen LogP contribution < -0.4 is 0 Å². The van der Waals surface area contributed by atoms with E-state index < -0.39 is 0 Å². The summed E-state index contributed by atoms with van der Waals surface area (Å²) in [6.07, 6.45) is 11.9. The third-order valence-electron chi connectivity index (χ3n) is 1.64. The summed E-state index contributed by atoms with van der Waals surface area (Å²) < 4.78 is 0. The Morgan fingerprint density at radius 1 is 1.50 bits per heavy atom. The molecule has 0 bridgehead atoms. The van der Waals surface area contributed by atoms with Gasteiger partial charge < -0.3 is 0 Å². The summed E-state index contributed by atoms with van der Waals surface area (Å²) in [7, 11) is 0. The van der Waals surface area contributed by atoms with E-state index in [1.54, 1.807) is 0 Å². The monoisotopic (exact) mass is 133 g/mol. The summed E-state index contributed by atoms with van der Waals surface area (Å²) in [5.74, 6) is 0. The lowest BCUT2D eigenvalue weighted by molar-refractivity contribution is 1.17. The van der Waals surface area contributed by atoms with Crippen LogP contribution in [-0.2, 0) is 0 Å². The van der Waals surface area contributed by atoms with Crippen LogP contribution in [0.15, 0.2) is 35.5 Å². The molecule has 1 rings (SSSR count). The molecule has 0 aromatic rings. The zero-order valence-electron chi connectivity index (χ0n) is 6.59. The maximum absolute atomic E-state index is 2.25. The first-order valence-electron chi connectivity index (χ1n) is 3.68. The molecule has 1 radical (unpaired) electrons. The third-order valence-corrected chi connectivity index (χ3v) is 1.64. The van der Waals surface area contributed by atoms with Crippen molar-refractivity contribution in [2.75, 3.05) is 0 Å². The molecule has 10 heavy (non-hydrogen) atoms. The van der Waals surface area contributed by atoms with Gasteiger partial charge >= 0.3 is 0 Å². The Labute approximate surface area is 62.9 Å². The van der Waals surface area contributed by atoms with Crippen LogP contribution in [0.25, 0.3) is 0 Å². The molecule has 0 unspecified atom stereocenters. The number of allylic oxidation sites excluding steroid dienone is 6. The van der Waals surface area contributed by atoms with Gasteiger partial charge in [0.1, 0.15) is 0 Å². The molecule has 0 aromatic carbocycles. The molecule has 0 spiro atoms. The number of hydrogen-bond donors (Lipinski definition) is 0. The Hall–Kier alpha value is -0.780. The van der Waals surface area contributed by atoms with Crippen molar-refractivity contribution in [3.63, 3.8) is 0 Å². The lowest BCUT2D eigenvalue weighted by atomic mass is 9.98. The van der Waals surface area contributed by atoms with Crippen molar-refractivity contribution in [1.82, 2.24) is 0 Å². The van der Waals surface area contributed by atoms with Crippen molar-refractivity contribution in [3.8, 4) is 0 Å². The fourth-order valence-corrected chi connectivity index (χ4v) is 1.08. The molecule has 0 nitrogen and oxygen atoms in total. The van der Waals surface area contributed by atoms with Gasteiger partial charge in [-0.1, -0.05) is 24.3 Å². The Morgan fingerprint density at radius 2 is 2.30 bits per heavy atom. The van der Waals surface area contributed by atoms with Crippen molar-refractivity contribution in [1.29, 1.82) is 0 Å². The van der Waals surface area contributed by atoms with Crippen LogP contribution in [0, 0.1) is 6.42 Å². The Kier molecular flexibility index (Phi) is 2.49. The summed E-state index contributed by atoms with van der Waals surface area (Å²) in [6.45, 7) is 4.19. The molecule has 0 heteroatoms. The average Bonchev–Trinajstić information content (AvgIpc) is 1.94. The number of hydrogen-bond acceptors (Lipinski definition) is 0. The highest BCUT2D eigenvalue weighted by Crippen LogP contribution is 2.17. The van der Waals surface area contributed by atoms with Gasteiger partial charge in [-0.25, -0.2) is 0 Å². The highest BCUT2D eigenvalue weighted by molar-refractivity contribution is 5.40. The highest BCUT2D eigenvalue weighted by Gasteiger charge is 1.99. The van der Waals surface area contributed by atoms with Gasteiger partial charge in [0, 0.05) is 0 Å². The quantitative estimate of drug-likeness (QED) is 0.515. The van der Waals surface area contributed by atoms with Crippen LogP contribution in [-0.4, -0.2) is 0 Å². The van der Waals surface area contributed by atoms with Crippen molar-refractivity contribution in [2.45, 2.75) is 20.3 Å². The smallest absolute Gasteiger partial charge is 0.00528 e. The molecule has 0 atom stereocenters. The molecule has 0 aliphatic heterocycles. The van der Waals surface area contributed by atoms with Crippen molar-refractivity contribution in [3.05, 3.63) is 41.9 Å². The largest absolute Gasteiger partial charge is 0.0874 e. The molecule has 1 aliphatic carbocycles. The maximum atomic E-state index is 2.25. The molecule has 0 aromatic heterocycles. The molecule has 0 N–H and O–H groups in total. The standard InChI is InChI=1S/C10H13/c1-3-6-10-8-5-4-7-9(10)2/h3-4,6-8H,5H2,1-2H3.